The third kappa shape index (κ3) is 5.08. The van der Waals surface area contributed by atoms with Crippen molar-refractivity contribution in [3.8, 4) is 0 Å². The van der Waals surface area contributed by atoms with Gasteiger partial charge < -0.3 is 15.7 Å². The highest BCUT2D eigenvalue weighted by Gasteiger charge is 2.54. The third-order valence-corrected chi connectivity index (χ3v) is 9.03. The van der Waals surface area contributed by atoms with Crippen molar-refractivity contribution >= 4 is 11.8 Å². The van der Waals surface area contributed by atoms with Crippen LogP contribution in [-0.2, 0) is 4.79 Å². The van der Waals surface area contributed by atoms with Crippen LogP contribution in [0.15, 0.2) is 18.7 Å². The van der Waals surface area contributed by atoms with E-state index in [0.717, 1.165) is 38.5 Å². The summed E-state index contributed by atoms with van der Waals surface area (Å²) >= 11 is 0. The predicted molar refractivity (Wildman–Crippen MR) is 126 cm³/mol. The number of nitrogens with zero attached hydrogens (tertiary/aromatic N) is 2. The molecule has 0 radical (unpaired) electrons. The molecule has 33 heavy (non-hydrogen) atoms. The average molecular weight is 457 g/mol. The molecule has 3 N–H and O–H groups in total. The van der Waals surface area contributed by atoms with Crippen LogP contribution in [0, 0.1) is 29.1 Å². The highest BCUT2D eigenvalue weighted by Crippen LogP contribution is 2.55. The Bertz CT molecular complexity index is 828. The number of carbonyl (C=O) groups excluding carboxylic acids is 2. The Morgan fingerprint density at radius 1 is 1.06 bits per heavy atom. The van der Waals surface area contributed by atoms with Gasteiger partial charge in [-0.15, -0.1) is 0 Å². The van der Waals surface area contributed by atoms with Crippen LogP contribution in [0.3, 0.4) is 0 Å². The molecule has 7 heteroatoms. The first-order chi connectivity index (χ1) is 15.8. The summed E-state index contributed by atoms with van der Waals surface area (Å²) in [7, 11) is 0. The number of amides is 2. The first kappa shape index (κ1) is 24.1. The molecule has 4 rings (SSSR count). The molecule has 3 aliphatic carbocycles. The van der Waals surface area contributed by atoms with Gasteiger partial charge in [0.25, 0.3) is 5.91 Å². The van der Waals surface area contributed by atoms with Crippen molar-refractivity contribution in [2.45, 2.75) is 96.7 Å². The largest absolute Gasteiger partial charge is 0.392 e. The van der Waals surface area contributed by atoms with E-state index < -0.39 is 6.10 Å². The molecule has 0 spiro atoms. The number of hydrogen-bond acceptors (Lipinski definition) is 5. The SMILES string of the molecule is C[C@H]1[C@@H]2[C@@H](O)[C@H]([C@H](C)C(=O)NC3CCCCC3)CC[C@@]2(C)CC[C@@H]1NC(=O)c1cncnc1. The minimum atomic E-state index is -0.550. The van der Waals surface area contributed by atoms with Crippen LogP contribution in [0.1, 0.15) is 88.9 Å². The van der Waals surface area contributed by atoms with Crippen LogP contribution < -0.4 is 10.6 Å². The van der Waals surface area contributed by atoms with Gasteiger partial charge in [-0.05, 0) is 61.7 Å². The Hall–Kier alpha value is -2.02. The molecule has 0 aromatic carbocycles. The van der Waals surface area contributed by atoms with Crippen LogP contribution >= 0.6 is 0 Å². The topological polar surface area (TPSA) is 104 Å². The first-order valence-corrected chi connectivity index (χ1v) is 12.8. The fourth-order valence-corrected chi connectivity index (χ4v) is 6.94. The second-order valence-electron chi connectivity index (χ2n) is 11.1. The smallest absolute Gasteiger partial charge is 0.254 e. The molecule has 7 nitrogen and oxygen atoms in total. The number of carbonyl (C=O) groups is 2. The molecule has 2 amide bonds. The number of aromatic nitrogens is 2. The summed E-state index contributed by atoms with van der Waals surface area (Å²) in [5.74, 6) is -0.178. The highest BCUT2D eigenvalue weighted by molar-refractivity contribution is 5.93. The Balaban J connectivity index is 1.43. The van der Waals surface area contributed by atoms with E-state index in [1.165, 1.54) is 38.0 Å². The molecule has 0 unspecified atom stereocenters. The van der Waals surface area contributed by atoms with Gasteiger partial charge in [-0.3, -0.25) is 9.59 Å². The van der Waals surface area contributed by atoms with Gasteiger partial charge in [-0.2, -0.15) is 0 Å². The number of aliphatic hydroxyl groups is 1. The predicted octanol–water partition coefficient (Wildman–Crippen LogP) is 3.48. The maximum absolute atomic E-state index is 13.1. The van der Waals surface area contributed by atoms with E-state index in [1.54, 1.807) is 0 Å². The monoisotopic (exact) mass is 456 g/mol. The molecule has 3 fully saturated rings. The van der Waals surface area contributed by atoms with Gasteiger partial charge in [0, 0.05) is 30.4 Å². The van der Waals surface area contributed by atoms with E-state index in [1.807, 2.05) is 6.92 Å². The molecule has 1 aromatic rings. The summed E-state index contributed by atoms with van der Waals surface area (Å²) in [6.45, 7) is 6.41. The van der Waals surface area contributed by atoms with Crippen LogP contribution in [-0.4, -0.2) is 45.1 Å². The standard InChI is InChI=1S/C26H40N4O3/c1-16(24(32)29-19-7-5-4-6-8-19)20-9-11-26(3)12-10-21(17(2)22(26)23(20)31)30-25(33)18-13-27-15-28-14-18/h13-17,19-23,31H,4-12H2,1-3H3,(H,29,32)(H,30,33)/t16-,17+,20-,21-,22+,23-,26-/m0/s1. The van der Waals surface area contributed by atoms with E-state index >= 15 is 0 Å². The van der Waals surface area contributed by atoms with Gasteiger partial charge in [0.05, 0.1) is 11.7 Å². The average Bonchev–Trinajstić information content (AvgIpc) is 2.82. The molecule has 0 aliphatic heterocycles. The Kier molecular flexibility index (Phi) is 7.37. The molecule has 1 aromatic heterocycles. The molecule has 3 saturated carbocycles. The van der Waals surface area contributed by atoms with Crippen molar-refractivity contribution in [3.05, 3.63) is 24.3 Å². The van der Waals surface area contributed by atoms with Crippen molar-refractivity contribution in [1.82, 2.24) is 20.6 Å². The number of nitrogens with one attached hydrogen (secondary N) is 2. The van der Waals surface area contributed by atoms with Gasteiger partial charge in [-0.25, -0.2) is 9.97 Å². The van der Waals surface area contributed by atoms with Crippen molar-refractivity contribution in [2.24, 2.45) is 29.1 Å². The number of rotatable bonds is 5. The normalized spacial score (nSPS) is 35.8. The van der Waals surface area contributed by atoms with Crippen LogP contribution in [0.4, 0.5) is 0 Å². The third-order valence-electron chi connectivity index (χ3n) is 9.03. The van der Waals surface area contributed by atoms with Gasteiger partial charge in [-0.1, -0.05) is 40.0 Å². The molecule has 0 saturated heterocycles. The number of hydrogen-bond donors (Lipinski definition) is 3. The quantitative estimate of drug-likeness (QED) is 0.629. The Morgan fingerprint density at radius 2 is 1.73 bits per heavy atom. The number of aliphatic hydroxyl groups excluding tert-OH is 1. The van der Waals surface area contributed by atoms with E-state index in [9.17, 15) is 14.7 Å². The molecular formula is C26H40N4O3. The highest BCUT2D eigenvalue weighted by atomic mass is 16.3. The summed E-state index contributed by atoms with van der Waals surface area (Å²) in [6.07, 6.45) is 13.4. The van der Waals surface area contributed by atoms with E-state index in [0.29, 0.717) is 5.56 Å². The molecule has 0 bridgehead atoms. The van der Waals surface area contributed by atoms with Crippen LogP contribution in [0.2, 0.25) is 0 Å². The van der Waals surface area contributed by atoms with Gasteiger partial charge in [0.1, 0.15) is 6.33 Å². The van der Waals surface area contributed by atoms with Crippen molar-refractivity contribution in [3.63, 3.8) is 0 Å². The first-order valence-electron chi connectivity index (χ1n) is 12.8. The minimum absolute atomic E-state index is 0.0180. The second-order valence-corrected chi connectivity index (χ2v) is 11.1. The zero-order valence-electron chi connectivity index (χ0n) is 20.3. The van der Waals surface area contributed by atoms with E-state index in [2.05, 4.69) is 34.4 Å². The minimum Gasteiger partial charge on any atom is -0.392 e. The Labute approximate surface area is 197 Å². The summed E-state index contributed by atoms with van der Waals surface area (Å²) < 4.78 is 0. The van der Waals surface area contributed by atoms with E-state index in [4.69, 9.17) is 0 Å². The molecule has 7 atom stereocenters. The molecule has 182 valence electrons. The number of fused-ring (bicyclic) bond motifs is 1. The maximum Gasteiger partial charge on any atom is 0.254 e. The molecule has 3 aliphatic rings. The lowest BCUT2D eigenvalue weighted by Crippen LogP contribution is -2.58. The van der Waals surface area contributed by atoms with Crippen molar-refractivity contribution in [2.75, 3.05) is 0 Å². The van der Waals surface area contributed by atoms with Crippen molar-refractivity contribution < 1.29 is 14.7 Å². The molecular weight excluding hydrogens is 416 g/mol. The summed E-state index contributed by atoms with van der Waals surface area (Å²) in [6, 6.07) is 0.269. The lowest BCUT2D eigenvalue weighted by Gasteiger charge is -2.56. The lowest BCUT2D eigenvalue weighted by atomic mass is 9.51. The van der Waals surface area contributed by atoms with Gasteiger partial charge in [0.2, 0.25) is 5.91 Å². The Morgan fingerprint density at radius 3 is 2.42 bits per heavy atom. The fraction of sp³-hybridized carbons (Fsp3) is 0.769. The summed E-state index contributed by atoms with van der Waals surface area (Å²) in [5.41, 5.74) is 0.486. The van der Waals surface area contributed by atoms with Crippen LogP contribution in [0.5, 0.6) is 0 Å². The fourth-order valence-electron chi connectivity index (χ4n) is 6.94. The van der Waals surface area contributed by atoms with Gasteiger partial charge in [0.15, 0.2) is 0 Å². The lowest BCUT2D eigenvalue weighted by molar-refractivity contribution is -0.142. The molecule has 1 heterocycles. The summed E-state index contributed by atoms with van der Waals surface area (Å²) in [5, 5.41) is 18.0. The summed E-state index contributed by atoms with van der Waals surface area (Å²) in [4.78, 5) is 33.7. The van der Waals surface area contributed by atoms with E-state index in [-0.39, 0.29) is 53.0 Å². The van der Waals surface area contributed by atoms with Crippen molar-refractivity contribution in [1.29, 1.82) is 0 Å². The van der Waals surface area contributed by atoms with Crippen LogP contribution in [0.25, 0.3) is 0 Å². The zero-order valence-corrected chi connectivity index (χ0v) is 20.3. The maximum atomic E-state index is 13.1. The second kappa shape index (κ2) is 10.1. The zero-order chi connectivity index (χ0) is 23.6. The van der Waals surface area contributed by atoms with Gasteiger partial charge >= 0.3 is 0 Å².